The van der Waals surface area contributed by atoms with Gasteiger partial charge in [-0.25, -0.2) is 12.8 Å². The maximum absolute atomic E-state index is 13.0. The van der Waals surface area contributed by atoms with Crippen molar-refractivity contribution in [2.45, 2.75) is 4.90 Å². The van der Waals surface area contributed by atoms with Crippen molar-refractivity contribution >= 4 is 27.5 Å². The van der Waals surface area contributed by atoms with E-state index in [4.69, 9.17) is 16.3 Å². The van der Waals surface area contributed by atoms with Crippen molar-refractivity contribution in [1.29, 1.82) is 0 Å². The van der Waals surface area contributed by atoms with Crippen LogP contribution in [-0.2, 0) is 10.0 Å². The third-order valence-electron chi connectivity index (χ3n) is 4.38. The normalized spacial score (nSPS) is 15.6. The average Bonchev–Trinajstić information content (AvgIpc) is 2.68. The minimum Gasteiger partial charge on any atom is -0.495 e. The van der Waals surface area contributed by atoms with E-state index in [1.165, 1.54) is 53.9 Å². The van der Waals surface area contributed by atoms with Crippen LogP contribution >= 0.6 is 11.6 Å². The first-order chi connectivity index (χ1) is 12.8. The van der Waals surface area contributed by atoms with Crippen LogP contribution in [0.25, 0.3) is 0 Å². The Morgan fingerprint density at radius 3 is 2.30 bits per heavy atom. The Hall–Kier alpha value is -2.16. The number of methoxy groups -OCH3 is 1. The Bertz CT molecular complexity index is 942. The van der Waals surface area contributed by atoms with E-state index < -0.39 is 15.8 Å². The van der Waals surface area contributed by atoms with Gasteiger partial charge in [-0.05, 0) is 36.4 Å². The molecule has 1 heterocycles. The summed E-state index contributed by atoms with van der Waals surface area (Å²) < 4.78 is 45.1. The van der Waals surface area contributed by atoms with E-state index in [2.05, 4.69) is 0 Å². The minimum atomic E-state index is -3.72. The van der Waals surface area contributed by atoms with E-state index >= 15 is 0 Å². The van der Waals surface area contributed by atoms with Gasteiger partial charge in [-0.2, -0.15) is 4.31 Å². The molecule has 3 rings (SSSR count). The summed E-state index contributed by atoms with van der Waals surface area (Å²) in [7, 11) is -2.31. The van der Waals surface area contributed by atoms with Crippen LogP contribution in [0.2, 0.25) is 5.02 Å². The van der Waals surface area contributed by atoms with Gasteiger partial charge in [0.05, 0.1) is 17.0 Å². The van der Waals surface area contributed by atoms with Crippen molar-refractivity contribution in [3.05, 3.63) is 58.9 Å². The van der Waals surface area contributed by atoms with E-state index in [1.54, 1.807) is 4.90 Å². The van der Waals surface area contributed by atoms with Crippen LogP contribution < -0.4 is 4.74 Å². The molecule has 144 valence electrons. The van der Waals surface area contributed by atoms with Crippen LogP contribution in [0.5, 0.6) is 5.75 Å². The first kappa shape index (κ1) is 19.6. The Morgan fingerprint density at radius 2 is 1.70 bits per heavy atom. The third kappa shape index (κ3) is 4.07. The van der Waals surface area contributed by atoms with E-state index in [-0.39, 0.29) is 42.7 Å². The number of piperazine rings is 1. The number of amides is 1. The number of nitrogens with zero attached hydrogens (tertiary/aromatic N) is 2. The van der Waals surface area contributed by atoms with Gasteiger partial charge in [-0.15, -0.1) is 0 Å². The van der Waals surface area contributed by atoms with E-state index in [9.17, 15) is 17.6 Å². The van der Waals surface area contributed by atoms with Gasteiger partial charge in [0.15, 0.2) is 0 Å². The molecule has 9 heteroatoms. The van der Waals surface area contributed by atoms with Crippen LogP contribution in [-0.4, -0.2) is 56.8 Å². The van der Waals surface area contributed by atoms with Crippen LogP contribution in [0.15, 0.2) is 47.4 Å². The molecule has 2 aromatic rings. The fourth-order valence-electron chi connectivity index (χ4n) is 2.86. The van der Waals surface area contributed by atoms with Gasteiger partial charge in [0.1, 0.15) is 11.6 Å². The second kappa shape index (κ2) is 7.84. The number of carbonyl (C=O) groups is 1. The van der Waals surface area contributed by atoms with Crippen molar-refractivity contribution in [3.8, 4) is 5.75 Å². The smallest absolute Gasteiger partial charge is 0.253 e. The third-order valence-corrected chi connectivity index (χ3v) is 6.58. The molecule has 0 atom stereocenters. The summed E-state index contributed by atoms with van der Waals surface area (Å²) in [5.74, 6) is -0.385. The second-order valence-corrected chi connectivity index (χ2v) is 8.34. The summed E-state index contributed by atoms with van der Waals surface area (Å²) in [6, 6.07) is 9.57. The van der Waals surface area contributed by atoms with E-state index in [0.717, 1.165) is 0 Å². The molecule has 2 aromatic carbocycles. The maximum Gasteiger partial charge on any atom is 0.253 e. The molecule has 0 aliphatic carbocycles. The number of sulfonamides is 1. The standard InChI is InChI=1S/C18H18ClFN2O4S/c1-26-17-12-15(6-7-16(17)19)27(24,25)22-10-8-21(9-11-22)18(23)13-2-4-14(20)5-3-13/h2-7,12H,8-11H2,1H3. The number of ether oxygens (including phenoxy) is 1. The summed E-state index contributed by atoms with van der Waals surface area (Å²) in [6.45, 7) is 0.834. The summed E-state index contributed by atoms with van der Waals surface area (Å²) in [5.41, 5.74) is 0.371. The molecule has 0 saturated carbocycles. The van der Waals surface area contributed by atoms with Crippen LogP contribution in [0, 0.1) is 5.82 Å². The summed E-state index contributed by atoms with van der Waals surface area (Å²) >= 11 is 5.95. The molecule has 0 radical (unpaired) electrons. The summed E-state index contributed by atoms with van der Waals surface area (Å²) in [5, 5.41) is 0.325. The van der Waals surface area contributed by atoms with Gasteiger partial charge in [-0.1, -0.05) is 11.6 Å². The quantitative estimate of drug-likeness (QED) is 0.774. The van der Waals surface area contributed by atoms with Crippen LogP contribution in [0.3, 0.4) is 0 Å². The first-order valence-corrected chi connectivity index (χ1v) is 10.0. The topological polar surface area (TPSA) is 66.9 Å². The van der Waals surface area contributed by atoms with Crippen molar-refractivity contribution in [1.82, 2.24) is 9.21 Å². The predicted octanol–water partition coefficient (Wildman–Crippen LogP) is 2.63. The van der Waals surface area contributed by atoms with E-state index in [1.807, 2.05) is 0 Å². The Morgan fingerprint density at radius 1 is 1.07 bits per heavy atom. The van der Waals surface area contributed by atoms with Gasteiger partial charge in [0.2, 0.25) is 10.0 Å². The largest absolute Gasteiger partial charge is 0.495 e. The lowest BCUT2D eigenvalue weighted by Crippen LogP contribution is -2.50. The molecular formula is C18H18ClFN2O4S. The number of hydrogen-bond acceptors (Lipinski definition) is 4. The lowest BCUT2D eigenvalue weighted by atomic mass is 10.2. The zero-order chi connectivity index (χ0) is 19.6. The lowest BCUT2D eigenvalue weighted by molar-refractivity contribution is 0.0698. The molecular weight excluding hydrogens is 395 g/mol. The van der Waals surface area contributed by atoms with Crippen LogP contribution in [0.1, 0.15) is 10.4 Å². The second-order valence-electron chi connectivity index (χ2n) is 6.00. The molecule has 1 saturated heterocycles. The molecule has 6 nitrogen and oxygen atoms in total. The number of halogens is 2. The number of benzene rings is 2. The van der Waals surface area contributed by atoms with Crippen molar-refractivity contribution in [3.63, 3.8) is 0 Å². The highest BCUT2D eigenvalue weighted by molar-refractivity contribution is 7.89. The monoisotopic (exact) mass is 412 g/mol. The van der Waals surface area contributed by atoms with Gasteiger partial charge < -0.3 is 9.64 Å². The maximum atomic E-state index is 13.0. The number of rotatable bonds is 4. The van der Waals surface area contributed by atoms with Crippen molar-refractivity contribution in [2.24, 2.45) is 0 Å². The Labute approximate surface area is 162 Å². The zero-order valence-corrected chi connectivity index (χ0v) is 16.1. The van der Waals surface area contributed by atoms with E-state index in [0.29, 0.717) is 10.6 Å². The van der Waals surface area contributed by atoms with Gasteiger partial charge in [-0.3, -0.25) is 4.79 Å². The highest BCUT2D eigenvalue weighted by Gasteiger charge is 2.31. The average molecular weight is 413 g/mol. The number of carbonyl (C=O) groups excluding carboxylic acids is 1. The summed E-state index contributed by atoms with van der Waals surface area (Å²) in [6.07, 6.45) is 0. The number of hydrogen-bond donors (Lipinski definition) is 0. The van der Waals surface area contributed by atoms with Gasteiger partial charge in [0, 0.05) is 37.8 Å². The van der Waals surface area contributed by atoms with Crippen LogP contribution in [0.4, 0.5) is 4.39 Å². The summed E-state index contributed by atoms with van der Waals surface area (Å²) in [4.78, 5) is 14.1. The molecule has 0 unspecified atom stereocenters. The molecule has 1 aliphatic rings. The zero-order valence-electron chi connectivity index (χ0n) is 14.6. The molecule has 27 heavy (non-hydrogen) atoms. The minimum absolute atomic E-state index is 0.0852. The van der Waals surface area contributed by atoms with Gasteiger partial charge in [0.25, 0.3) is 5.91 Å². The predicted molar refractivity (Wildman–Crippen MR) is 99.1 cm³/mol. The van der Waals surface area contributed by atoms with Gasteiger partial charge >= 0.3 is 0 Å². The lowest BCUT2D eigenvalue weighted by Gasteiger charge is -2.34. The molecule has 0 spiro atoms. The molecule has 1 aliphatic heterocycles. The molecule has 0 bridgehead atoms. The van der Waals surface area contributed by atoms with Crippen molar-refractivity contribution in [2.75, 3.05) is 33.3 Å². The molecule has 0 N–H and O–H groups in total. The fourth-order valence-corrected chi connectivity index (χ4v) is 4.49. The highest BCUT2D eigenvalue weighted by Crippen LogP contribution is 2.29. The SMILES string of the molecule is COc1cc(S(=O)(=O)N2CCN(C(=O)c3ccc(F)cc3)CC2)ccc1Cl. The molecule has 1 fully saturated rings. The Balaban J connectivity index is 1.71. The first-order valence-electron chi connectivity index (χ1n) is 8.21. The Kier molecular flexibility index (Phi) is 5.69. The molecule has 1 amide bonds. The van der Waals surface area contributed by atoms with Crippen molar-refractivity contribution < 1.29 is 22.3 Å². The highest BCUT2D eigenvalue weighted by atomic mass is 35.5. The molecule has 0 aromatic heterocycles. The fraction of sp³-hybridized carbons (Fsp3) is 0.278.